The van der Waals surface area contributed by atoms with E-state index in [2.05, 4.69) is 25.9 Å². The fraction of sp³-hybridized carbons (Fsp3) is 0.524. The van der Waals surface area contributed by atoms with Crippen molar-refractivity contribution in [3.63, 3.8) is 0 Å². The van der Waals surface area contributed by atoms with Gasteiger partial charge in [0.2, 0.25) is 11.9 Å². The van der Waals surface area contributed by atoms with Crippen molar-refractivity contribution in [3.05, 3.63) is 24.0 Å². The molecule has 4 rings (SSSR count). The molecule has 3 N–H and O–H groups in total. The third kappa shape index (κ3) is 3.83. The largest absolute Gasteiger partial charge is 0.495 e. The Bertz CT molecular complexity index is 926. The normalized spacial score (nSPS) is 22.8. The molecule has 0 radical (unpaired) electrons. The minimum atomic E-state index is -0.242. The summed E-state index contributed by atoms with van der Waals surface area (Å²) < 4.78 is 5.14. The molecule has 1 fully saturated rings. The average Bonchev–Trinajstić information content (AvgIpc) is 2.67. The number of pyridine rings is 1. The minimum Gasteiger partial charge on any atom is -0.495 e. The lowest BCUT2D eigenvalue weighted by atomic mass is 9.87. The van der Waals surface area contributed by atoms with E-state index in [0.29, 0.717) is 23.7 Å². The van der Waals surface area contributed by atoms with E-state index >= 15 is 0 Å². The molecule has 1 unspecified atom stereocenters. The highest BCUT2D eigenvalue weighted by Crippen LogP contribution is 2.35. The zero-order valence-electron chi connectivity index (χ0n) is 18.1. The molecule has 1 saturated carbocycles. The van der Waals surface area contributed by atoms with Gasteiger partial charge >= 0.3 is 0 Å². The maximum absolute atomic E-state index is 12.5. The Labute approximate surface area is 176 Å². The molecule has 3 heterocycles. The molecule has 0 bridgehead atoms. The topological polar surface area (TPSA) is 104 Å². The van der Waals surface area contributed by atoms with Crippen LogP contribution in [0.5, 0.6) is 5.75 Å². The number of methoxy groups -OCH3 is 1. The minimum absolute atomic E-state index is 0.00698. The van der Waals surface area contributed by atoms with Crippen LogP contribution in [0.4, 0.5) is 23.3 Å². The van der Waals surface area contributed by atoms with Crippen molar-refractivity contribution in [1.29, 1.82) is 0 Å². The second-order valence-corrected chi connectivity index (χ2v) is 8.36. The van der Waals surface area contributed by atoms with Gasteiger partial charge < -0.3 is 25.6 Å². The molecule has 160 valence electrons. The fourth-order valence-electron chi connectivity index (χ4n) is 4.11. The first-order valence-electron chi connectivity index (χ1n) is 10.3. The van der Waals surface area contributed by atoms with Crippen LogP contribution < -0.4 is 25.6 Å². The van der Waals surface area contributed by atoms with Crippen LogP contribution in [0.3, 0.4) is 0 Å². The lowest BCUT2D eigenvalue weighted by Gasteiger charge is -2.38. The SMILES string of the molecule is COc1ccc(NC2CC(Nc3nc(C)c4c(n3)N(C)C(C(C)C)C(=O)N4)C2)nc1. The Hall–Kier alpha value is -3.10. The molecule has 2 aliphatic rings. The molecular formula is C21H29N7O2. The van der Waals surface area contributed by atoms with Crippen LogP contribution in [0.15, 0.2) is 18.3 Å². The zero-order valence-corrected chi connectivity index (χ0v) is 18.1. The van der Waals surface area contributed by atoms with Crippen molar-refractivity contribution in [2.45, 2.75) is 51.7 Å². The number of carbonyl (C=O) groups is 1. The summed E-state index contributed by atoms with van der Waals surface area (Å²) >= 11 is 0. The van der Waals surface area contributed by atoms with E-state index in [9.17, 15) is 4.79 Å². The van der Waals surface area contributed by atoms with Crippen molar-refractivity contribution in [3.8, 4) is 5.75 Å². The molecule has 30 heavy (non-hydrogen) atoms. The van der Waals surface area contributed by atoms with Crippen LogP contribution >= 0.6 is 0 Å². The molecule has 0 spiro atoms. The molecule has 2 aromatic rings. The Kier molecular flexibility index (Phi) is 5.36. The van der Waals surface area contributed by atoms with Gasteiger partial charge in [0.05, 0.1) is 19.0 Å². The van der Waals surface area contributed by atoms with Gasteiger partial charge in [-0.05, 0) is 37.8 Å². The average molecular weight is 412 g/mol. The van der Waals surface area contributed by atoms with Crippen molar-refractivity contribution < 1.29 is 9.53 Å². The maximum atomic E-state index is 12.5. The number of carbonyl (C=O) groups excluding carboxylic acids is 1. The van der Waals surface area contributed by atoms with Gasteiger partial charge in [0, 0.05) is 19.1 Å². The van der Waals surface area contributed by atoms with Crippen LogP contribution in [0.2, 0.25) is 0 Å². The van der Waals surface area contributed by atoms with Gasteiger partial charge in [-0.15, -0.1) is 0 Å². The van der Waals surface area contributed by atoms with Gasteiger partial charge in [0.1, 0.15) is 23.3 Å². The first-order valence-corrected chi connectivity index (χ1v) is 10.3. The fourth-order valence-corrected chi connectivity index (χ4v) is 4.11. The molecule has 0 aromatic carbocycles. The van der Waals surface area contributed by atoms with E-state index in [-0.39, 0.29) is 17.9 Å². The Morgan fingerprint density at radius 1 is 1.20 bits per heavy atom. The van der Waals surface area contributed by atoms with Crippen LogP contribution in [0.25, 0.3) is 0 Å². The number of rotatable bonds is 6. The van der Waals surface area contributed by atoms with E-state index < -0.39 is 0 Å². The number of aromatic nitrogens is 3. The first kappa shape index (κ1) is 20.2. The lowest BCUT2D eigenvalue weighted by Crippen LogP contribution is -2.50. The summed E-state index contributed by atoms with van der Waals surface area (Å²) in [5, 5.41) is 9.85. The summed E-state index contributed by atoms with van der Waals surface area (Å²) in [7, 11) is 3.55. The number of nitrogens with zero attached hydrogens (tertiary/aromatic N) is 4. The summed E-state index contributed by atoms with van der Waals surface area (Å²) in [6.45, 7) is 5.98. The van der Waals surface area contributed by atoms with E-state index in [1.165, 1.54) is 0 Å². The number of nitrogens with one attached hydrogen (secondary N) is 3. The number of ether oxygens (including phenoxy) is 1. The Morgan fingerprint density at radius 3 is 2.57 bits per heavy atom. The summed E-state index contributed by atoms with van der Waals surface area (Å²) in [5.41, 5.74) is 1.46. The van der Waals surface area contributed by atoms with Gasteiger partial charge in [-0.25, -0.2) is 9.97 Å². The number of hydrogen-bond acceptors (Lipinski definition) is 8. The quantitative estimate of drug-likeness (QED) is 0.666. The molecule has 1 aliphatic heterocycles. The number of aryl methyl sites for hydroxylation is 1. The standard InChI is InChI=1S/C21H29N7O2/c1-11(2)18-20(29)26-17-12(3)23-21(27-19(17)28(18)4)25-14-8-13(9-14)24-16-7-6-15(30-5)10-22-16/h6-7,10-11,13-14,18H,8-9H2,1-5H3,(H,22,24)(H,26,29)(H,23,25,27). The number of anilines is 4. The number of amides is 1. The van der Waals surface area contributed by atoms with Crippen molar-refractivity contribution >= 4 is 29.2 Å². The summed E-state index contributed by atoms with van der Waals surface area (Å²) in [4.78, 5) is 28.0. The van der Waals surface area contributed by atoms with Crippen LogP contribution in [0, 0.1) is 12.8 Å². The second kappa shape index (κ2) is 7.97. The highest BCUT2D eigenvalue weighted by molar-refractivity contribution is 6.03. The predicted molar refractivity (Wildman–Crippen MR) is 117 cm³/mol. The molecule has 0 saturated heterocycles. The molecule has 1 aliphatic carbocycles. The van der Waals surface area contributed by atoms with Crippen LogP contribution in [-0.2, 0) is 4.79 Å². The van der Waals surface area contributed by atoms with Gasteiger partial charge in [0.15, 0.2) is 5.82 Å². The third-order valence-electron chi connectivity index (χ3n) is 5.77. The third-order valence-corrected chi connectivity index (χ3v) is 5.77. The Balaban J connectivity index is 1.39. The van der Waals surface area contributed by atoms with E-state index in [1.807, 2.05) is 44.9 Å². The van der Waals surface area contributed by atoms with Gasteiger partial charge in [-0.3, -0.25) is 4.79 Å². The summed E-state index contributed by atoms with van der Waals surface area (Å²) in [6.07, 6.45) is 3.61. The van der Waals surface area contributed by atoms with Crippen molar-refractivity contribution in [2.24, 2.45) is 5.92 Å². The van der Waals surface area contributed by atoms with Crippen molar-refractivity contribution in [1.82, 2.24) is 15.0 Å². The van der Waals surface area contributed by atoms with Crippen LogP contribution in [0.1, 0.15) is 32.4 Å². The molecule has 9 nitrogen and oxygen atoms in total. The van der Waals surface area contributed by atoms with Gasteiger partial charge in [0.25, 0.3) is 0 Å². The summed E-state index contributed by atoms with van der Waals surface area (Å²) in [5.74, 6) is 3.13. The highest BCUT2D eigenvalue weighted by Gasteiger charge is 2.36. The van der Waals surface area contributed by atoms with Crippen molar-refractivity contribution in [2.75, 3.05) is 35.0 Å². The highest BCUT2D eigenvalue weighted by atomic mass is 16.5. The second-order valence-electron chi connectivity index (χ2n) is 8.36. The molecule has 1 atom stereocenters. The van der Waals surface area contributed by atoms with E-state index in [4.69, 9.17) is 9.72 Å². The number of hydrogen-bond donors (Lipinski definition) is 3. The summed E-state index contributed by atoms with van der Waals surface area (Å²) in [6, 6.07) is 4.23. The van der Waals surface area contributed by atoms with Crippen LogP contribution in [-0.4, -0.2) is 53.1 Å². The zero-order chi connectivity index (χ0) is 21.4. The number of fused-ring (bicyclic) bond motifs is 1. The molecule has 2 aromatic heterocycles. The molecule has 9 heteroatoms. The van der Waals surface area contributed by atoms with E-state index in [0.717, 1.165) is 35.9 Å². The predicted octanol–water partition coefficient (Wildman–Crippen LogP) is 2.66. The van der Waals surface area contributed by atoms with Gasteiger partial charge in [-0.2, -0.15) is 4.98 Å². The Morgan fingerprint density at radius 2 is 1.93 bits per heavy atom. The van der Waals surface area contributed by atoms with Gasteiger partial charge in [-0.1, -0.05) is 13.8 Å². The molecule has 1 amide bonds. The monoisotopic (exact) mass is 411 g/mol. The molecular weight excluding hydrogens is 382 g/mol. The maximum Gasteiger partial charge on any atom is 0.247 e. The lowest BCUT2D eigenvalue weighted by molar-refractivity contribution is -0.118. The first-order chi connectivity index (χ1) is 14.4. The smallest absolute Gasteiger partial charge is 0.247 e. The van der Waals surface area contributed by atoms with E-state index in [1.54, 1.807) is 13.3 Å². The number of likely N-dealkylation sites (N-methyl/N-ethyl adjacent to an activating group) is 1.